The van der Waals surface area contributed by atoms with E-state index in [4.69, 9.17) is 9.47 Å². The monoisotopic (exact) mass is 287 g/mol. The van der Waals surface area contributed by atoms with E-state index in [2.05, 4.69) is 15.3 Å². The Kier molecular flexibility index (Phi) is 5.09. The molecule has 110 valence electrons. The molecule has 0 aliphatic heterocycles. The molecular weight excluding hydrogens is 270 g/mol. The van der Waals surface area contributed by atoms with Gasteiger partial charge < -0.3 is 14.8 Å². The highest BCUT2D eigenvalue weighted by Gasteiger charge is 2.09. The molecule has 6 nitrogen and oxygen atoms in total. The molecule has 0 aliphatic rings. The number of nitrogens with zero attached hydrogens (tertiary/aromatic N) is 2. The summed E-state index contributed by atoms with van der Waals surface area (Å²) < 4.78 is 10.4. The van der Waals surface area contributed by atoms with Gasteiger partial charge in [-0.15, -0.1) is 0 Å². The lowest BCUT2D eigenvalue weighted by Gasteiger charge is -2.10. The predicted octanol–water partition coefficient (Wildman–Crippen LogP) is 1.81. The van der Waals surface area contributed by atoms with Gasteiger partial charge in [0.05, 0.1) is 19.3 Å². The van der Waals surface area contributed by atoms with Crippen LogP contribution in [-0.2, 0) is 6.54 Å². The maximum Gasteiger partial charge on any atom is 0.316 e. The van der Waals surface area contributed by atoms with Gasteiger partial charge in [-0.1, -0.05) is 18.2 Å². The van der Waals surface area contributed by atoms with Crippen molar-refractivity contribution in [3.05, 3.63) is 47.8 Å². The van der Waals surface area contributed by atoms with Crippen molar-refractivity contribution in [2.24, 2.45) is 0 Å². The highest BCUT2D eigenvalue weighted by Crippen LogP contribution is 2.17. The first-order valence-corrected chi connectivity index (χ1v) is 6.59. The number of hydrogen-bond donors (Lipinski definition) is 1. The summed E-state index contributed by atoms with van der Waals surface area (Å²) in [6.45, 7) is 2.88. The second-order valence-electron chi connectivity index (χ2n) is 4.18. The molecule has 1 aromatic carbocycles. The highest BCUT2D eigenvalue weighted by atomic mass is 16.5. The molecule has 0 saturated heterocycles. The van der Waals surface area contributed by atoms with Crippen LogP contribution < -0.4 is 14.8 Å². The van der Waals surface area contributed by atoms with Crippen LogP contribution in [0.3, 0.4) is 0 Å². The van der Waals surface area contributed by atoms with Crippen LogP contribution in [0.15, 0.2) is 36.7 Å². The fourth-order valence-electron chi connectivity index (χ4n) is 1.76. The van der Waals surface area contributed by atoms with Gasteiger partial charge in [0, 0.05) is 24.5 Å². The van der Waals surface area contributed by atoms with E-state index in [-0.39, 0.29) is 11.9 Å². The minimum atomic E-state index is -0.246. The molecule has 21 heavy (non-hydrogen) atoms. The number of benzene rings is 1. The van der Waals surface area contributed by atoms with Crippen LogP contribution >= 0.6 is 0 Å². The van der Waals surface area contributed by atoms with Crippen molar-refractivity contribution in [3.63, 3.8) is 0 Å². The maximum atomic E-state index is 12.0. The fraction of sp³-hybridized carbons (Fsp3) is 0.267. The zero-order valence-electron chi connectivity index (χ0n) is 12.0. The van der Waals surface area contributed by atoms with Crippen molar-refractivity contribution in [1.29, 1.82) is 0 Å². The van der Waals surface area contributed by atoms with Crippen LogP contribution in [0.2, 0.25) is 0 Å². The summed E-state index contributed by atoms with van der Waals surface area (Å²) in [4.78, 5) is 19.8. The molecule has 1 heterocycles. The second kappa shape index (κ2) is 7.23. The average molecular weight is 287 g/mol. The summed E-state index contributed by atoms with van der Waals surface area (Å²) in [5.41, 5.74) is 1.30. The molecule has 0 unspecified atom stereocenters. The summed E-state index contributed by atoms with van der Waals surface area (Å²) in [5.74, 6) is 0.523. The van der Waals surface area contributed by atoms with E-state index in [1.54, 1.807) is 0 Å². The number of carbonyl (C=O) groups is 1. The number of hydrogen-bond acceptors (Lipinski definition) is 5. The van der Waals surface area contributed by atoms with Crippen LogP contribution in [0.1, 0.15) is 22.8 Å². The van der Waals surface area contributed by atoms with Gasteiger partial charge in [-0.2, -0.15) is 0 Å². The molecule has 1 aromatic heterocycles. The van der Waals surface area contributed by atoms with Gasteiger partial charge in [0.25, 0.3) is 5.91 Å². The third-order valence-corrected chi connectivity index (χ3v) is 2.78. The van der Waals surface area contributed by atoms with Crippen molar-refractivity contribution in [2.75, 3.05) is 13.7 Å². The van der Waals surface area contributed by atoms with Crippen LogP contribution in [0.25, 0.3) is 0 Å². The molecule has 0 saturated carbocycles. The van der Waals surface area contributed by atoms with Crippen LogP contribution in [0, 0.1) is 0 Å². The van der Waals surface area contributed by atoms with Crippen molar-refractivity contribution in [3.8, 4) is 11.8 Å². The van der Waals surface area contributed by atoms with E-state index in [0.29, 0.717) is 18.7 Å². The van der Waals surface area contributed by atoms with Gasteiger partial charge in [-0.3, -0.25) is 4.79 Å². The third-order valence-electron chi connectivity index (χ3n) is 2.78. The van der Waals surface area contributed by atoms with Gasteiger partial charge in [-0.25, -0.2) is 9.97 Å². The Bertz CT molecular complexity index is 599. The smallest absolute Gasteiger partial charge is 0.316 e. The lowest BCUT2D eigenvalue weighted by Crippen LogP contribution is -2.23. The molecule has 2 rings (SSSR count). The normalized spacial score (nSPS) is 10.0. The fourth-order valence-corrected chi connectivity index (χ4v) is 1.76. The van der Waals surface area contributed by atoms with Gasteiger partial charge in [-0.05, 0) is 13.0 Å². The summed E-state index contributed by atoms with van der Waals surface area (Å²) in [7, 11) is 1.47. The minimum Gasteiger partial charge on any atom is -0.494 e. The number of nitrogens with one attached hydrogen (secondary N) is 1. The molecule has 1 amide bonds. The average Bonchev–Trinajstić information content (AvgIpc) is 2.54. The number of para-hydroxylation sites is 1. The third kappa shape index (κ3) is 3.92. The van der Waals surface area contributed by atoms with E-state index in [0.717, 1.165) is 11.3 Å². The topological polar surface area (TPSA) is 73.3 Å². The zero-order chi connectivity index (χ0) is 15.1. The Morgan fingerprint density at radius 1 is 1.24 bits per heavy atom. The number of methoxy groups -OCH3 is 1. The molecule has 1 N–H and O–H groups in total. The zero-order valence-corrected chi connectivity index (χ0v) is 12.0. The van der Waals surface area contributed by atoms with E-state index < -0.39 is 0 Å². The molecule has 0 bridgehead atoms. The molecule has 0 fully saturated rings. The van der Waals surface area contributed by atoms with E-state index in [1.807, 2.05) is 31.2 Å². The molecule has 0 spiro atoms. The van der Waals surface area contributed by atoms with Gasteiger partial charge in [0.1, 0.15) is 5.75 Å². The Hall–Kier alpha value is -2.63. The first kappa shape index (κ1) is 14.8. The van der Waals surface area contributed by atoms with Gasteiger partial charge in [0.2, 0.25) is 0 Å². The Morgan fingerprint density at radius 3 is 2.62 bits per heavy atom. The molecule has 6 heteroatoms. The van der Waals surface area contributed by atoms with Crippen LogP contribution in [-0.4, -0.2) is 29.6 Å². The summed E-state index contributed by atoms with van der Waals surface area (Å²) in [6.07, 6.45) is 2.85. The molecule has 0 atom stereocenters. The van der Waals surface area contributed by atoms with Crippen molar-refractivity contribution in [1.82, 2.24) is 15.3 Å². The molecule has 2 aromatic rings. The van der Waals surface area contributed by atoms with Crippen molar-refractivity contribution >= 4 is 5.91 Å². The minimum absolute atomic E-state index is 0.230. The lowest BCUT2D eigenvalue weighted by molar-refractivity contribution is 0.0949. The predicted molar refractivity (Wildman–Crippen MR) is 77.4 cm³/mol. The number of rotatable bonds is 6. The van der Waals surface area contributed by atoms with E-state index in [1.165, 1.54) is 19.5 Å². The van der Waals surface area contributed by atoms with E-state index in [9.17, 15) is 4.79 Å². The standard InChI is InChI=1S/C15H17N3O3/c1-3-21-13-7-5-4-6-11(13)8-16-14(19)12-9-17-15(20-2)18-10-12/h4-7,9-10H,3,8H2,1-2H3,(H,16,19). The van der Waals surface area contributed by atoms with Crippen LogP contribution in [0.5, 0.6) is 11.8 Å². The summed E-state index contributed by atoms with van der Waals surface area (Å²) >= 11 is 0. The first-order chi connectivity index (χ1) is 10.2. The Morgan fingerprint density at radius 2 is 1.95 bits per heavy atom. The number of aromatic nitrogens is 2. The Balaban J connectivity index is 2.00. The summed E-state index contributed by atoms with van der Waals surface area (Å²) in [5, 5.41) is 2.81. The van der Waals surface area contributed by atoms with Gasteiger partial charge >= 0.3 is 6.01 Å². The summed E-state index contributed by atoms with van der Waals surface area (Å²) in [6, 6.07) is 7.82. The molecule has 0 radical (unpaired) electrons. The SMILES string of the molecule is CCOc1ccccc1CNC(=O)c1cnc(OC)nc1. The Labute approximate surface area is 123 Å². The number of ether oxygens (including phenoxy) is 2. The number of carbonyl (C=O) groups excluding carboxylic acids is 1. The number of amides is 1. The van der Waals surface area contributed by atoms with Crippen molar-refractivity contribution in [2.45, 2.75) is 13.5 Å². The quantitative estimate of drug-likeness (QED) is 0.877. The highest BCUT2D eigenvalue weighted by molar-refractivity contribution is 5.93. The first-order valence-electron chi connectivity index (χ1n) is 6.59. The molecule has 0 aliphatic carbocycles. The largest absolute Gasteiger partial charge is 0.494 e. The molecular formula is C15H17N3O3. The lowest BCUT2D eigenvalue weighted by atomic mass is 10.2. The van der Waals surface area contributed by atoms with Gasteiger partial charge in [0.15, 0.2) is 0 Å². The van der Waals surface area contributed by atoms with Crippen molar-refractivity contribution < 1.29 is 14.3 Å². The maximum absolute atomic E-state index is 12.0. The van der Waals surface area contributed by atoms with Crippen LogP contribution in [0.4, 0.5) is 0 Å². The van der Waals surface area contributed by atoms with E-state index >= 15 is 0 Å². The second-order valence-corrected chi connectivity index (χ2v) is 4.18.